The summed E-state index contributed by atoms with van der Waals surface area (Å²) in [5.41, 5.74) is 0.867. The predicted octanol–water partition coefficient (Wildman–Crippen LogP) is 3.60. The van der Waals surface area contributed by atoms with Gasteiger partial charge in [-0.05, 0) is 99.8 Å². The highest BCUT2D eigenvalue weighted by Gasteiger charge is 2.48. The molecule has 5 rings (SSSR count). The Labute approximate surface area is 234 Å². The van der Waals surface area contributed by atoms with Crippen LogP contribution in [0.25, 0.3) is 0 Å². The number of halogens is 1. The Kier molecular flexibility index (Phi) is 8.54. The van der Waals surface area contributed by atoms with Crippen LogP contribution in [-0.2, 0) is 16.1 Å². The molecule has 0 bridgehead atoms. The van der Waals surface area contributed by atoms with Crippen LogP contribution in [0.5, 0.6) is 0 Å². The average molecular weight is 554 g/mol. The van der Waals surface area contributed by atoms with Gasteiger partial charge in [0.05, 0.1) is 24.3 Å². The maximum absolute atomic E-state index is 15.3. The van der Waals surface area contributed by atoms with Gasteiger partial charge in [0.15, 0.2) is 0 Å². The number of carbonyl (C=O) groups is 3. The number of hydrogen-bond acceptors (Lipinski definition) is 5. The van der Waals surface area contributed by atoms with Crippen molar-refractivity contribution in [1.29, 1.82) is 0 Å². The molecule has 1 aromatic heterocycles. The topological polar surface area (TPSA) is 125 Å². The average Bonchev–Trinajstić information content (AvgIpc) is 3.86. The van der Waals surface area contributed by atoms with Gasteiger partial charge in [-0.2, -0.15) is 5.10 Å². The van der Waals surface area contributed by atoms with Crippen LogP contribution >= 0.6 is 0 Å². The monoisotopic (exact) mass is 553 g/mol. The van der Waals surface area contributed by atoms with Crippen LogP contribution in [0.3, 0.4) is 0 Å². The van der Waals surface area contributed by atoms with Gasteiger partial charge in [-0.15, -0.1) is 0 Å². The normalized spacial score (nSPS) is 19.4. The highest BCUT2D eigenvalue weighted by Crippen LogP contribution is 2.51. The molecule has 216 valence electrons. The molecule has 3 saturated carbocycles. The maximum Gasteiger partial charge on any atom is 0.270 e. The summed E-state index contributed by atoms with van der Waals surface area (Å²) >= 11 is 0. The summed E-state index contributed by atoms with van der Waals surface area (Å²) in [4.78, 5) is 39.6. The number of hydrogen-bond donors (Lipinski definition) is 4. The first-order valence-electron chi connectivity index (χ1n) is 14.6. The molecule has 10 heteroatoms. The Morgan fingerprint density at radius 3 is 2.27 bits per heavy atom. The number of nitrogens with zero attached hydrogens (tertiary/aromatic N) is 2. The third-order valence-electron chi connectivity index (χ3n) is 8.92. The van der Waals surface area contributed by atoms with Crippen molar-refractivity contribution in [2.24, 2.45) is 23.7 Å². The molecule has 1 heterocycles. The number of aryl methyl sites for hydroxylation is 1. The van der Waals surface area contributed by atoms with Crippen LogP contribution in [0, 0.1) is 29.5 Å². The van der Waals surface area contributed by atoms with E-state index in [2.05, 4.69) is 21.0 Å². The minimum absolute atomic E-state index is 0.00291. The number of benzene rings is 1. The molecular formula is C30H40FN5O4. The summed E-state index contributed by atoms with van der Waals surface area (Å²) in [5, 5.41) is 22.4. The molecule has 2 aromatic rings. The van der Waals surface area contributed by atoms with E-state index in [0.29, 0.717) is 29.6 Å². The lowest BCUT2D eigenvalue weighted by atomic mass is 9.80. The van der Waals surface area contributed by atoms with Crippen molar-refractivity contribution < 1.29 is 23.9 Å². The summed E-state index contributed by atoms with van der Waals surface area (Å²) in [6, 6.07) is 4.91. The van der Waals surface area contributed by atoms with Crippen molar-refractivity contribution in [3.63, 3.8) is 0 Å². The first-order chi connectivity index (χ1) is 19.3. The molecule has 0 aliphatic heterocycles. The van der Waals surface area contributed by atoms with Gasteiger partial charge in [0.2, 0.25) is 11.8 Å². The van der Waals surface area contributed by atoms with Gasteiger partial charge in [-0.25, -0.2) is 4.39 Å². The molecular weight excluding hydrogens is 513 g/mol. The zero-order chi connectivity index (χ0) is 28.4. The lowest BCUT2D eigenvalue weighted by molar-refractivity contribution is -0.124. The Hall–Kier alpha value is -3.27. The minimum atomic E-state index is -0.793. The summed E-state index contributed by atoms with van der Waals surface area (Å²) in [6.07, 6.45) is 8.71. The Balaban J connectivity index is 1.29. The molecule has 40 heavy (non-hydrogen) atoms. The van der Waals surface area contributed by atoms with Gasteiger partial charge in [-0.3, -0.25) is 19.1 Å². The number of rotatable bonds is 13. The van der Waals surface area contributed by atoms with E-state index in [9.17, 15) is 19.5 Å². The zero-order valence-electron chi connectivity index (χ0n) is 23.2. The van der Waals surface area contributed by atoms with Crippen molar-refractivity contribution in [2.75, 3.05) is 11.9 Å². The number of nitrogens with one attached hydrogen (secondary N) is 3. The smallest absolute Gasteiger partial charge is 0.270 e. The maximum atomic E-state index is 15.3. The molecule has 3 aliphatic rings. The number of aromatic nitrogens is 2. The fourth-order valence-electron chi connectivity index (χ4n) is 5.95. The van der Waals surface area contributed by atoms with E-state index in [1.807, 2.05) is 6.92 Å². The van der Waals surface area contributed by atoms with Crippen LogP contribution < -0.4 is 16.0 Å². The molecule has 0 unspecified atom stereocenters. The molecule has 9 nitrogen and oxygen atoms in total. The fraction of sp³-hybridized carbons (Fsp3) is 0.600. The zero-order valence-corrected chi connectivity index (χ0v) is 23.2. The second-order valence-corrected chi connectivity index (χ2v) is 11.7. The number of aliphatic hydroxyl groups is 1. The molecule has 0 spiro atoms. The first-order valence-corrected chi connectivity index (χ1v) is 14.6. The Morgan fingerprint density at radius 1 is 1.02 bits per heavy atom. The summed E-state index contributed by atoms with van der Waals surface area (Å²) < 4.78 is 16.8. The first kappa shape index (κ1) is 28.3. The summed E-state index contributed by atoms with van der Waals surface area (Å²) in [6.45, 7) is 3.99. The SMILES string of the molecule is CCn1nccc1C(=O)N[C@H](C(=O)Nc1ccc([C@H](C)C(=O)N[C@H](CO)C2CCC2)cc1F)C(C1CC1)C1CC1. The lowest BCUT2D eigenvalue weighted by Crippen LogP contribution is -2.50. The largest absolute Gasteiger partial charge is 0.394 e. The van der Waals surface area contributed by atoms with Crippen molar-refractivity contribution >= 4 is 23.4 Å². The van der Waals surface area contributed by atoms with E-state index >= 15 is 4.39 Å². The van der Waals surface area contributed by atoms with E-state index < -0.39 is 23.7 Å². The molecule has 3 atom stereocenters. The number of amides is 3. The summed E-state index contributed by atoms with van der Waals surface area (Å²) in [7, 11) is 0. The molecule has 0 radical (unpaired) electrons. The van der Waals surface area contributed by atoms with E-state index in [4.69, 9.17) is 0 Å². The van der Waals surface area contributed by atoms with Crippen LogP contribution in [0.2, 0.25) is 0 Å². The van der Waals surface area contributed by atoms with E-state index in [1.54, 1.807) is 29.9 Å². The third kappa shape index (κ3) is 6.22. The van der Waals surface area contributed by atoms with E-state index in [0.717, 1.165) is 44.9 Å². The number of carbonyl (C=O) groups excluding carboxylic acids is 3. The summed E-state index contributed by atoms with van der Waals surface area (Å²) in [5.74, 6) is -1.34. The number of anilines is 1. The second kappa shape index (κ2) is 12.1. The van der Waals surface area contributed by atoms with Gasteiger partial charge in [0.1, 0.15) is 17.6 Å². The Morgan fingerprint density at radius 2 is 1.73 bits per heavy atom. The highest BCUT2D eigenvalue weighted by atomic mass is 19.1. The van der Waals surface area contributed by atoms with E-state index in [1.165, 1.54) is 12.1 Å². The third-order valence-corrected chi connectivity index (χ3v) is 8.92. The molecule has 3 amide bonds. The van der Waals surface area contributed by atoms with Crippen molar-refractivity contribution in [3.05, 3.63) is 47.5 Å². The lowest BCUT2D eigenvalue weighted by Gasteiger charge is -2.33. The second-order valence-electron chi connectivity index (χ2n) is 11.7. The van der Waals surface area contributed by atoms with Crippen LogP contribution in [0.15, 0.2) is 30.5 Å². The highest BCUT2D eigenvalue weighted by molar-refractivity contribution is 6.01. The van der Waals surface area contributed by atoms with Crippen LogP contribution in [0.1, 0.15) is 80.8 Å². The van der Waals surface area contributed by atoms with Crippen LogP contribution in [0.4, 0.5) is 10.1 Å². The van der Waals surface area contributed by atoms with Gasteiger partial charge in [0, 0.05) is 12.7 Å². The van der Waals surface area contributed by atoms with Gasteiger partial charge in [0.25, 0.3) is 5.91 Å². The molecule has 0 saturated heterocycles. The molecule has 1 aromatic carbocycles. The van der Waals surface area contributed by atoms with Crippen molar-refractivity contribution in [2.45, 2.75) is 83.3 Å². The predicted molar refractivity (Wildman–Crippen MR) is 148 cm³/mol. The minimum Gasteiger partial charge on any atom is -0.394 e. The van der Waals surface area contributed by atoms with Crippen molar-refractivity contribution in [3.8, 4) is 0 Å². The fourth-order valence-corrected chi connectivity index (χ4v) is 5.95. The quantitative estimate of drug-likeness (QED) is 0.302. The van der Waals surface area contributed by atoms with Gasteiger partial charge >= 0.3 is 0 Å². The standard InChI is InChI=1S/C30H40FN5O4/c1-3-36-25(13-14-32-36)29(39)35-27(26(19-7-8-19)20-9-10-20)30(40)33-23-12-11-21(15-22(23)31)17(2)28(38)34-24(16-37)18-5-4-6-18/h11-15,17-20,24,26-27,37H,3-10,16H2,1-2H3,(H,33,40)(H,34,38)(H,35,39)/t17-,24+,27-/m0/s1. The molecule has 3 fully saturated rings. The molecule has 4 N–H and O–H groups in total. The molecule has 3 aliphatic carbocycles. The number of aliphatic hydroxyl groups excluding tert-OH is 1. The Bertz CT molecular complexity index is 1220. The van der Waals surface area contributed by atoms with Crippen LogP contribution in [-0.4, -0.2) is 51.3 Å². The van der Waals surface area contributed by atoms with E-state index in [-0.39, 0.29) is 42.0 Å². The van der Waals surface area contributed by atoms with Crippen molar-refractivity contribution in [1.82, 2.24) is 20.4 Å². The van der Waals surface area contributed by atoms with Gasteiger partial charge in [-0.1, -0.05) is 12.5 Å². The van der Waals surface area contributed by atoms with Gasteiger partial charge < -0.3 is 21.1 Å².